The van der Waals surface area contributed by atoms with Gasteiger partial charge in [-0.3, -0.25) is 9.59 Å². The van der Waals surface area contributed by atoms with E-state index in [9.17, 15) is 19.6 Å². The van der Waals surface area contributed by atoms with Crippen LogP contribution < -0.4 is 10.6 Å². The molecule has 0 saturated heterocycles. The van der Waals surface area contributed by atoms with Crippen molar-refractivity contribution in [3.05, 3.63) is 71.3 Å². The molecular formula is C31H42N4O4. The fraction of sp³-hybridized carbons (Fsp3) is 0.484. The Hall–Kier alpha value is -3.86. The van der Waals surface area contributed by atoms with Crippen LogP contribution in [0.3, 0.4) is 0 Å². The first-order valence-electron chi connectivity index (χ1n) is 13.7. The molecule has 8 heteroatoms. The van der Waals surface area contributed by atoms with E-state index in [2.05, 4.69) is 17.6 Å². The Morgan fingerprint density at radius 3 is 2.21 bits per heavy atom. The lowest BCUT2D eigenvalue weighted by molar-refractivity contribution is -0.141. The number of carbonyl (C=O) groups excluding carboxylic acids is 3. The summed E-state index contributed by atoms with van der Waals surface area (Å²) in [5, 5.41) is 15.3. The van der Waals surface area contributed by atoms with E-state index in [-0.39, 0.29) is 18.9 Å². The zero-order valence-corrected chi connectivity index (χ0v) is 23.8. The molecule has 2 rings (SSSR count). The van der Waals surface area contributed by atoms with Crippen LogP contribution in [0, 0.1) is 11.3 Å². The van der Waals surface area contributed by atoms with Gasteiger partial charge in [-0.2, -0.15) is 5.26 Å². The third kappa shape index (κ3) is 10.4. The van der Waals surface area contributed by atoms with E-state index >= 15 is 0 Å². The Morgan fingerprint density at radius 1 is 0.974 bits per heavy atom. The summed E-state index contributed by atoms with van der Waals surface area (Å²) in [6.45, 7) is 9.47. The molecule has 0 radical (unpaired) electrons. The lowest BCUT2D eigenvalue weighted by atomic mass is 9.99. The molecule has 0 aromatic heterocycles. The van der Waals surface area contributed by atoms with Gasteiger partial charge in [0, 0.05) is 13.0 Å². The number of ether oxygens (including phenoxy) is 1. The van der Waals surface area contributed by atoms with Crippen molar-refractivity contribution in [1.29, 1.82) is 5.26 Å². The molecule has 0 fully saturated rings. The van der Waals surface area contributed by atoms with Crippen molar-refractivity contribution in [2.24, 2.45) is 0 Å². The molecule has 2 N–H and O–H groups in total. The second-order valence-electron chi connectivity index (χ2n) is 10.5. The predicted octanol–water partition coefficient (Wildman–Crippen LogP) is 5.08. The minimum Gasteiger partial charge on any atom is -0.444 e. The van der Waals surface area contributed by atoms with E-state index in [4.69, 9.17) is 4.74 Å². The minimum absolute atomic E-state index is 0.167. The van der Waals surface area contributed by atoms with Crippen molar-refractivity contribution in [2.75, 3.05) is 13.1 Å². The maximum atomic E-state index is 14.1. The third-order valence-corrected chi connectivity index (χ3v) is 6.14. The first-order valence-corrected chi connectivity index (χ1v) is 13.7. The summed E-state index contributed by atoms with van der Waals surface area (Å²) in [4.78, 5) is 41.6. The number of nitriles is 1. The molecule has 2 aromatic rings. The first-order chi connectivity index (χ1) is 18.6. The van der Waals surface area contributed by atoms with Gasteiger partial charge in [-0.1, -0.05) is 81.3 Å². The number of alkyl carbamates (subject to hydrolysis) is 1. The standard InChI is InChI=1S/C31H42N4O4/c1-6-8-12-20-33-28(36)27(25-17-15-23(7-2)16-18-25)35(21-19-32)29(37)26(22-24-13-10-9-11-14-24)34-30(38)39-31(3,4)5/h9-11,13-18,26-27H,6-8,12,20-22H2,1-5H3,(H,33,36)(H,34,38). The molecule has 8 nitrogen and oxygen atoms in total. The molecule has 3 amide bonds. The average Bonchev–Trinajstić information content (AvgIpc) is 2.90. The van der Waals surface area contributed by atoms with Gasteiger partial charge in [0.15, 0.2) is 0 Å². The van der Waals surface area contributed by atoms with Crippen molar-refractivity contribution in [1.82, 2.24) is 15.5 Å². The number of amides is 3. The van der Waals surface area contributed by atoms with Crippen LogP contribution in [0.4, 0.5) is 4.79 Å². The number of nitrogens with zero attached hydrogens (tertiary/aromatic N) is 2. The van der Waals surface area contributed by atoms with Crippen LogP contribution in [0.2, 0.25) is 0 Å². The highest BCUT2D eigenvalue weighted by Gasteiger charge is 2.36. The fourth-order valence-electron chi connectivity index (χ4n) is 4.16. The normalized spacial score (nSPS) is 12.5. The van der Waals surface area contributed by atoms with Crippen molar-refractivity contribution >= 4 is 17.9 Å². The summed E-state index contributed by atoms with van der Waals surface area (Å²) in [7, 11) is 0. The van der Waals surface area contributed by atoms with E-state index in [1.165, 1.54) is 4.90 Å². The summed E-state index contributed by atoms with van der Waals surface area (Å²) in [5.74, 6) is -0.908. The molecule has 39 heavy (non-hydrogen) atoms. The highest BCUT2D eigenvalue weighted by Crippen LogP contribution is 2.24. The summed E-state index contributed by atoms with van der Waals surface area (Å²) < 4.78 is 5.42. The lowest BCUT2D eigenvalue weighted by Crippen LogP contribution is -2.54. The Balaban J connectivity index is 2.47. The number of hydrogen-bond acceptors (Lipinski definition) is 5. The SMILES string of the molecule is CCCCCNC(=O)C(c1ccc(CC)cc1)N(CC#N)C(=O)C(Cc1ccccc1)NC(=O)OC(C)(C)C. The lowest BCUT2D eigenvalue weighted by Gasteiger charge is -2.33. The van der Waals surface area contributed by atoms with E-state index in [1.807, 2.05) is 67.6 Å². The molecule has 210 valence electrons. The van der Waals surface area contributed by atoms with Crippen molar-refractivity contribution in [3.8, 4) is 6.07 Å². The van der Waals surface area contributed by atoms with Crippen molar-refractivity contribution in [2.45, 2.75) is 84.4 Å². The Bertz CT molecular complexity index is 1100. The zero-order chi connectivity index (χ0) is 28.8. The molecule has 2 aromatic carbocycles. The van der Waals surface area contributed by atoms with Crippen molar-refractivity contribution in [3.63, 3.8) is 0 Å². The fourth-order valence-corrected chi connectivity index (χ4v) is 4.16. The predicted molar refractivity (Wildman–Crippen MR) is 152 cm³/mol. The summed E-state index contributed by atoms with van der Waals surface area (Å²) >= 11 is 0. The van der Waals surface area contributed by atoms with Crippen molar-refractivity contribution < 1.29 is 19.1 Å². The molecule has 0 aliphatic heterocycles. The van der Waals surface area contributed by atoms with Gasteiger partial charge in [-0.15, -0.1) is 0 Å². The topological polar surface area (TPSA) is 112 Å². The molecule has 2 unspecified atom stereocenters. The van der Waals surface area contributed by atoms with E-state index < -0.39 is 29.7 Å². The number of rotatable bonds is 13. The van der Waals surface area contributed by atoms with Crippen LogP contribution in [0.1, 0.15) is 76.6 Å². The highest BCUT2D eigenvalue weighted by atomic mass is 16.6. The maximum absolute atomic E-state index is 14.1. The third-order valence-electron chi connectivity index (χ3n) is 6.14. The maximum Gasteiger partial charge on any atom is 0.408 e. The molecule has 0 bridgehead atoms. The van der Waals surface area contributed by atoms with Gasteiger partial charge in [-0.25, -0.2) is 4.79 Å². The van der Waals surface area contributed by atoms with Crippen LogP contribution in [0.15, 0.2) is 54.6 Å². The molecule has 0 aliphatic rings. The smallest absolute Gasteiger partial charge is 0.408 e. The van der Waals surface area contributed by atoms with Gasteiger partial charge in [-0.05, 0) is 50.3 Å². The zero-order valence-electron chi connectivity index (χ0n) is 23.8. The number of nitrogens with one attached hydrogen (secondary N) is 2. The average molecular weight is 535 g/mol. The van der Waals surface area contributed by atoms with Crippen LogP contribution in [-0.4, -0.2) is 47.5 Å². The summed E-state index contributed by atoms with van der Waals surface area (Å²) in [5.41, 5.74) is 1.74. The second-order valence-corrected chi connectivity index (χ2v) is 10.5. The quantitative estimate of drug-likeness (QED) is 0.275. The number of carbonyl (C=O) groups is 3. The number of benzene rings is 2. The van der Waals surface area contributed by atoms with Gasteiger partial charge in [0.25, 0.3) is 0 Å². The Morgan fingerprint density at radius 2 is 1.64 bits per heavy atom. The molecule has 0 spiro atoms. The minimum atomic E-state index is -1.05. The summed E-state index contributed by atoms with van der Waals surface area (Å²) in [6.07, 6.45) is 3.03. The van der Waals surface area contributed by atoms with Gasteiger partial charge >= 0.3 is 6.09 Å². The Labute approximate surface area is 232 Å². The van der Waals surface area contributed by atoms with Gasteiger partial charge in [0.1, 0.15) is 24.2 Å². The number of aryl methyl sites for hydroxylation is 1. The molecule has 2 atom stereocenters. The first kappa shape index (κ1) is 31.4. The van der Waals surface area contributed by atoms with Crippen LogP contribution in [-0.2, 0) is 27.2 Å². The molecule has 0 saturated carbocycles. The van der Waals surface area contributed by atoms with E-state index in [1.54, 1.807) is 20.8 Å². The Kier molecular flexibility index (Phi) is 12.5. The van der Waals surface area contributed by atoms with Gasteiger partial charge < -0.3 is 20.3 Å². The molecular weight excluding hydrogens is 492 g/mol. The second kappa shape index (κ2) is 15.5. The van der Waals surface area contributed by atoms with Gasteiger partial charge in [0.05, 0.1) is 6.07 Å². The van der Waals surface area contributed by atoms with Crippen LogP contribution in [0.5, 0.6) is 0 Å². The highest BCUT2D eigenvalue weighted by molar-refractivity contribution is 5.92. The van der Waals surface area contributed by atoms with E-state index in [0.717, 1.165) is 36.8 Å². The number of hydrogen-bond donors (Lipinski definition) is 2. The number of unbranched alkanes of at least 4 members (excludes halogenated alkanes) is 2. The molecule has 0 heterocycles. The monoisotopic (exact) mass is 534 g/mol. The molecule has 0 aliphatic carbocycles. The van der Waals surface area contributed by atoms with Gasteiger partial charge in [0.2, 0.25) is 11.8 Å². The summed E-state index contributed by atoms with van der Waals surface area (Å²) in [6, 6.07) is 16.7. The largest absolute Gasteiger partial charge is 0.444 e. The van der Waals surface area contributed by atoms with Crippen LogP contribution >= 0.6 is 0 Å². The van der Waals surface area contributed by atoms with Crippen LogP contribution in [0.25, 0.3) is 0 Å². The van der Waals surface area contributed by atoms with E-state index in [0.29, 0.717) is 12.1 Å².